The lowest BCUT2D eigenvalue weighted by atomic mass is 9.98. The number of hydrogen-bond donors (Lipinski definition) is 4. The van der Waals surface area contributed by atoms with E-state index in [9.17, 15) is 15.3 Å². The molecule has 1 saturated heterocycles. The van der Waals surface area contributed by atoms with Gasteiger partial charge in [-0.2, -0.15) is 0 Å². The van der Waals surface area contributed by atoms with E-state index >= 15 is 0 Å². The summed E-state index contributed by atoms with van der Waals surface area (Å²) in [5, 5.41) is 38.3. The number of aliphatic hydroxyl groups excluding tert-OH is 4. The summed E-state index contributed by atoms with van der Waals surface area (Å²) in [6, 6.07) is 0. The fourth-order valence-corrected chi connectivity index (χ4v) is 2.33. The highest BCUT2D eigenvalue weighted by Gasteiger charge is 2.44. The van der Waals surface area contributed by atoms with Gasteiger partial charge < -0.3 is 29.9 Å². The molecule has 0 aromatic carbocycles. The molecule has 1 aliphatic heterocycles. The molecule has 6 heteroatoms. The Balaban J connectivity index is 2.48. The molecule has 0 aromatic rings. The molecule has 0 aliphatic carbocycles. The Bertz CT molecular complexity index is 260. The second kappa shape index (κ2) is 8.92. The van der Waals surface area contributed by atoms with E-state index in [0.717, 1.165) is 25.7 Å². The van der Waals surface area contributed by atoms with Gasteiger partial charge in [0.25, 0.3) is 0 Å². The van der Waals surface area contributed by atoms with Crippen molar-refractivity contribution in [3.05, 3.63) is 0 Å². The third-order valence-electron chi connectivity index (χ3n) is 3.89. The molecule has 0 spiro atoms. The molecular formula is C14H28O6. The quantitative estimate of drug-likeness (QED) is 0.503. The summed E-state index contributed by atoms with van der Waals surface area (Å²) in [5.41, 5.74) is 0. The van der Waals surface area contributed by atoms with E-state index in [1.165, 1.54) is 0 Å². The normalized spacial score (nSPS) is 36.0. The first-order valence-corrected chi connectivity index (χ1v) is 7.47. The molecule has 1 aliphatic rings. The van der Waals surface area contributed by atoms with Gasteiger partial charge in [0.05, 0.1) is 13.2 Å². The van der Waals surface area contributed by atoms with Crippen LogP contribution in [0.25, 0.3) is 0 Å². The molecule has 1 rings (SSSR count). The number of rotatable bonds is 8. The van der Waals surface area contributed by atoms with Crippen molar-refractivity contribution in [1.29, 1.82) is 0 Å². The topological polar surface area (TPSA) is 99.4 Å². The largest absolute Gasteiger partial charge is 0.394 e. The molecule has 0 unspecified atom stereocenters. The summed E-state index contributed by atoms with van der Waals surface area (Å²) < 4.78 is 10.8. The predicted octanol–water partition coefficient (Wildman–Crippen LogP) is 0.0193. The van der Waals surface area contributed by atoms with E-state index in [1.807, 2.05) is 0 Å². The van der Waals surface area contributed by atoms with Crippen molar-refractivity contribution in [3.63, 3.8) is 0 Å². The standard InChI is InChI=1S/C14H28O6/c1-3-5-6-9(4-2)8-19-14-13(18)12(17)11(16)10(7-15)20-14/h9-18H,3-8H2,1-2H3/t9-,10+,11+,12-,13+,14+/m0/s1. The van der Waals surface area contributed by atoms with Crippen LogP contribution in [0.3, 0.4) is 0 Å². The molecule has 1 fully saturated rings. The Kier molecular flexibility index (Phi) is 7.94. The molecular weight excluding hydrogens is 264 g/mol. The van der Waals surface area contributed by atoms with Crippen LogP contribution in [0.4, 0.5) is 0 Å². The fourth-order valence-electron chi connectivity index (χ4n) is 2.33. The van der Waals surface area contributed by atoms with E-state index in [0.29, 0.717) is 12.5 Å². The predicted molar refractivity (Wildman–Crippen MR) is 73.0 cm³/mol. The summed E-state index contributed by atoms with van der Waals surface area (Å²) in [5.74, 6) is 0.377. The van der Waals surface area contributed by atoms with Gasteiger partial charge in [-0.1, -0.05) is 33.1 Å². The van der Waals surface area contributed by atoms with Crippen LogP contribution < -0.4 is 0 Å². The van der Waals surface area contributed by atoms with Crippen LogP contribution in [0, 0.1) is 5.92 Å². The third-order valence-corrected chi connectivity index (χ3v) is 3.89. The zero-order valence-electron chi connectivity index (χ0n) is 12.3. The van der Waals surface area contributed by atoms with Gasteiger partial charge >= 0.3 is 0 Å². The van der Waals surface area contributed by atoms with Crippen molar-refractivity contribution >= 4 is 0 Å². The smallest absolute Gasteiger partial charge is 0.186 e. The van der Waals surface area contributed by atoms with E-state index in [-0.39, 0.29) is 0 Å². The minimum absolute atomic E-state index is 0.377. The summed E-state index contributed by atoms with van der Waals surface area (Å²) in [6.45, 7) is 4.21. The number of ether oxygens (including phenoxy) is 2. The van der Waals surface area contributed by atoms with Gasteiger partial charge in [0, 0.05) is 0 Å². The van der Waals surface area contributed by atoms with Gasteiger partial charge in [-0.15, -0.1) is 0 Å². The maximum absolute atomic E-state index is 9.84. The highest BCUT2D eigenvalue weighted by atomic mass is 16.7. The van der Waals surface area contributed by atoms with Gasteiger partial charge in [-0.3, -0.25) is 0 Å². The van der Waals surface area contributed by atoms with E-state index < -0.39 is 37.3 Å². The monoisotopic (exact) mass is 292 g/mol. The molecule has 120 valence electrons. The van der Waals surface area contributed by atoms with Crippen molar-refractivity contribution in [1.82, 2.24) is 0 Å². The molecule has 20 heavy (non-hydrogen) atoms. The Morgan fingerprint density at radius 3 is 2.35 bits per heavy atom. The zero-order chi connectivity index (χ0) is 15.1. The number of aliphatic hydroxyl groups is 4. The summed E-state index contributed by atoms with van der Waals surface area (Å²) in [6.07, 6.45) is -1.68. The van der Waals surface area contributed by atoms with E-state index in [2.05, 4.69) is 13.8 Å². The van der Waals surface area contributed by atoms with Gasteiger partial charge in [-0.25, -0.2) is 0 Å². The molecule has 6 nitrogen and oxygen atoms in total. The Labute approximate surface area is 120 Å². The SMILES string of the molecule is CCCC[C@H](CC)CO[C@@H]1O[C@H](CO)[C@@H](O)[C@H](O)[C@H]1O. The molecule has 0 amide bonds. The third kappa shape index (κ3) is 4.65. The fraction of sp³-hybridized carbons (Fsp3) is 1.00. The molecule has 1 heterocycles. The van der Waals surface area contributed by atoms with Crippen LogP contribution >= 0.6 is 0 Å². The lowest BCUT2D eigenvalue weighted by Gasteiger charge is -2.40. The maximum atomic E-state index is 9.84. The van der Waals surface area contributed by atoms with Crippen LogP contribution in [-0.4, -0.2) is 64.3 Å². The average molecular weight is 292 g/mol. The molecule has 4 N–H and O–H groups in total. The minimum Gasteiger partial charge on any atom is -0.394 e. The number of hydrogen-bond acceptors (Lipinski definition) is 6. The molecule has 0 aromatic heterocycles. The first-order valence-electron chi connectivity index (χ1n) is 7.47. The molecule has 0 bridgehead atoms. The first kappa shape index (κ1) is 17.8. The Morgan fingerprint density at radius 1 is 1.10 bits per heavy atom. The second-order valence-corrected chi connectivity index (χ2v) is 5.45. The van der Waals surface area contributed by atoms with Crippen LogP contribution in [0.15, 0.2) is 0 Å². The first-order chi connectivity index (χ1) is 9.54. The lowest BCUT2D eigenvalue weighted by molar-refractivity contribution is -0.303. The zero-order valence-corrected chi connectivity index (χ0v) is 12.3. The Hall–Kier alpha value is -0.240. The highest BCUT2D eigenvalue weighted by Crippen LogP contribution is 2.23. The van der Waals surface area contributed by atoms with Crippen LogP contribution in [0.1, 0.15) is 39.5 Å². The molecule has 6 atom stereocenters. The molecule has 0 saturated carbocycles. The van der Waals surface area contributed by atoms with Crippen LogP contribution in [0.5, 0.6) is 0 Å². The summed E-state index contributed by atoms with van der Waals surface area (Å²) in [4.78, 5) is 0. The van der Waals surface area contributed by atoms with Gasteiger partial charge in [0.2, 0.25) is 0 Å². The van der Waals surface area contributed by atoms with Crippen molar-refractivity contribution in [2.45, 2.75) is 70.2 Å². The van der Waals surface area contributed by atoms with Crippen LogP contribution in [-0.2, 0) is 9.47 Å². The van der Waals surface area contributed by atoms with Crippen molar-refractivity contribution in [2.75, 3.05) is 13.2 Å². The molecule has 0 radical (unpaired) electrons. The van der Waals surface area contributed by atoms with Crippen molar-refractivity contribution in [2.24, 2.45) is 5.92 Å². The second-order valence-electron chi connectivity index (χ2n) is 5.45. The maximum Gasteiger partial charge on any atom is 0.186 e. The van der Waals surface area contributed by atoms with Crippen LogP contribution in [0.2, 0.25) is 0 Å². The lowest BCUT2D eigenvalue weighted by Crippen LogP contribution is -2.59. The number of unbranched alkanes of at least 4 members (excludes halogenated alkanes) is 1. The van der Waals surface area contributed by atoms with Gasteiger partial charge in [0.1, 0.15) is 24.4 Å². The van der Waals surface area contributed by atoms with E-state index in [1.54, 1.807) is 0 Å². The highest BCUT2D eigenvalue weighted by molar-refractivity contribution is 4.88. The summed E-state index contributed by atoms with van der Waals surface area (Å²) in [7, 11) is 0. The summed E-state index contributed by atoms with van der Waals surface area (Å²) >= 11 is 0. The van der Waals surface area contributed by atoms with E-state index in [4.69, 9.17) is 14.6 Å². The van der Waals surface area contributed by atoms with Crippen molar-refractivity contribution < 1.29 is 29.9 Å². The van der Waals surface area contributed by atoms with Gasteiger partial charge in [-0.05, 0) is 12.3 Å². The minimum atomic E-state index is -1.37. The van der Waals surface area contributed by atoms with Crippen molar-refractivity contribution in [3.8, 4) is 0 Å². The Morgan fingerprint density at radius 2 is 1.80 bits per heavy atom. The average Bonchev–Trinajstić information content (AvgIpc) is 2.47. The van der Waals surface area contributed by atoms with Gasteiger partial charge in [0.15, 0.2) is 6.29 Å².